The molecule has 1 aromatic carbocycles. The van der Waals surface area contributed by atoms with Crippen molar-refractivity contribution in [1.82, 2.24) is 4.90 Å². The number of likely N-dealkylation sites (tertiary alicyclic amines) is 1. The summed E-state index contributed by atoms with van der Waals surface area (Å²) in [6.07, 6.45) is 1.67. The van der Waals surface area contributed by atoms with Crippen LogP contribution < -0.4 is 0 Å². The zero-order valence-electron chi connectivity index (χ0n) is 10.3. The molecule has 0 bridgehead atoms. The van der Waals surface area contributed by atoms with Crippen molar-refractivity contribution in [3.63, 3.8) is 0 Å². The Morgan fingerprint density at radius 3 is 3.00 bits per heavy atom. The van der Waals surface area contributed by atoms with Crippen LogP contribution in [-0.2, 0) is 0 Å². The van der Waals surface area contributed by atoms with E-state index in [1.54, 1.807) is 0 Å². The van der Waals surface area contributed by atoms with Crippen molar-refractivity contribution in [2.75, 3.05) is 19.6 Å². The molecule has 2 rings (SSSR count). The lowest BCUT2D eigenvalue weighted by atomic mass is 10.1. The maximum Gasteiger partial charge on any atom is 0.0802 e. The van der Waals surface area contributed by atoms with E-state index >= 15 is 0 Å². The molecule has 0 amide bonds. The summed E-state index contributed by atoms with van der Waals surface area (Å²) >= 11 is 5.91. The number of halogens is 1. The minimum Gasteiger partial charge on any atom is -0.388 e. The quantitative estimate of drug-likeness (QED) is 0.891. The maximum atomic E-state index is 10.1. The molecule has 1 aliphatic heterocycles. The molecule has 1 N–H and O–H groups in total. The van der Waals surface area contributed by atoms with Gasteiger partial charge in [-0.3, -0.25) is 0 Å². The lowest BCUT2D eigenvalue weighted by Crippen LogP contribution is -2.23. The lowest BCUT2D eigenvalue weighted by Gasteiger charge is -2.18. The average Bonchev–Trinajstić information content (AvgIpc) is 2.72. The van der Waals surface area contributed by atoms with Crippen LogP contribution in [0.5, 0.6) is 0 Å². The van der Waals surface area contributed by atoms with Crippen LogP contribution in [0.3, 0.4) is 0 Å². The molecule has 3 heteroatoms. The molecule has 1 aliphatic rings. The molecular weight excluding hydrogens is 234 g/mol. The summed E-state index contributed by atoms with van der Waals surface area (Å²) in [5, 5.41) is 10.8. The van der Waals surface area contributed by atoms with Gasteiger partial charge in [0.15, 0.2) is 0 Å². The summed E-state index contributed by atoms with van der Waals surface area (Å²) in [6, 6.07) is 7.50. The Hall–Kier alpha value is -0.570. The molecule has 0 aliphatic carbocycles. The summed E-state index contributed by atoms with van der Waals surface area (Å²) in [4.78, 5) is 2.43. The van der Waals surface area contributed by atoms with Gasteiger partial charge < -0.3 is 10.0 Å². The van der Waals surface area contributed by atoms with Crippen LogP contribution in [0.1, 0.15) is 31.4 Å². The van der Waals surface area contributed by atoms with Gasteiger partial charge in [0, 0.05) is 18.1 Å². The fourth-order valence-corrected chi connectivity index (χ4v) is 2.61. The predicted molar refractivity (Wildman–Crippen MR) is 71.2 cm³/mol. The van der Waals surface area contributed by atoms with Gasteiger partial charge in [-0.1, -0.05) is 30.7 Å². The van der Waals surface area contributed by atoms with Crippen molar-refractivity contribution in [2.45, 2.75) is 25.9 Å². The third-order valence-electron chi connectivity index (χ3n) is 3.46. The second kappa shape index (κ2) is 5.85. The fraction of sp³-hybridized carbons (Fsp3) is 0.571. The third kappa shape index (κ3) is 3.70. The molecule has 2 nitrogen and oxygen atoms in total. The second-order valence-corrected chi connectivity index (χ2v) is 5.49. The van der Waals surface area contributed by atoms with Gasteiger partial charge in [-0.2, -0.15) is 0 Å². The summed E-state index contributed by atoms with van der Waals surface area (Å²) in [5.41, 5.74) is 0.921. The molecule has 0 spiro atoms. The first-order valence-electron chi connectivity index (χ1n) is 6.31. The number of nitrogens with zero attached hydrogens (tertiary/aromatic N) is 1. The zero-order chi connectivity index (χ0) is 12.3. The average molecular weight is 254 g/mol. The zero-order valence-corrected chi connectivity index (χ0v) is 11.0. The number of benzene rings is 1. The van der Waals surface area contributed by atoms with Crippen LogP contribution in [0.15, 0.2) is 24.3 Å². The monoisotopic (exact) mass is 253 g/mol. The van der Waals surface area contributed by atoms with Crippen LogP contribution in [0, 0.1) is 5.92 Å². The molecule has 0 saturated carbocycles. The van der Waals surface area contributed by atoms with Crippen LogP contribution in [0.4, 0.5) is 0 Å². The minimum absolute atomic E-state index is 0.399. The molecule has 0 aromatic heterocycles. The van der Waals surface area contributed by atoms with E-state index in [1.807, 2.05) is 24.3 Å². The van der Waals surface area contributed by atoms with Crippen molar-refractivity contribution < 1.29 is 5.11 Å². The summed E-state index contributed by atoms with van der Waals surface area (Å²) in [6.45, 7) is 5.59. The Balaban J connectivity index is 1.83. The molecule has 17 heavy (non-hydrogen) atoms. The topological polar surface area (TPSA) is 23.5 Å². The van der Waals surface area contributed by atoms with Crippen molar-refractivity contribution >= 4 is 11.6 Å². The van der Waals surface area contributed by atoms with E-state index in [0.29, 0.717) is 5.02 Å². The van der Waals surface area contributed by atoms with Gasteiger partial charge in [-0.25, -0.2) is 0 Å². The van der Waals surface area contributed by atoms with E-state index in [4.69, 9.17) is 11.6 Å². The Bertz CT molecular complexity index is 369. The van der Waals surface area contributed by atoms with Crippen molar-refractivity contribution in [2.24, 2.45) is 5.92 Å². The Labute approximate surface area is 108 Å². The highest BCUT2D eigenvalue weighted by Gasteiger charge is 2.19. The Morgan fingerprint density at radius 1 is 1.53 bits per heavy atom. The first-order chi connectivity index (χ1) is 8.15. The lowest BCUT2D eigenvalue weighted by molar-refractivity contribution is 0.148. The number of rotatable bonds is 4. The van der Waals surface area contributed by atoms with Gasteiger partial charge in [0.05, 0.1) is 6.10 Å². The number of hydrogen-bond acceptors (Lipinski definition) is 2. The van der Waals surface area contributed by atoms with Gasteiger partial charge in [0.1, 0.15) is 0 Å². The SMILES string of the molecule is CC1CCN(CCC(O)c2cccc(Cl)c2)C1. The highest BCUT2D eigenvalue weighted by molar-refractivity contribution is 6.30. The molecule has 2 unspecified atom stereocenters. The van der Waals surface area contributed by atoms with Crippen molar-refractivity contribution in [3.05, 3.63) is 34.9 Å². The molecule has 1 heterocycles. The van der Waals surface area contributed by atoms with Crippen molar-refractivity contribution in [1.29, 1.82) is 0 Å². The van der Waals surface area contributed by atoms with Gasteiger partial charge >= 0.3 is 0 Å². The molecule has 94 valence electrons. The minimum atomic E-state index is -0.399. The molecule has 1 saturated heterocycles. The third-order valence-corrected chi connectivity index (χ3v) is 3.70. The standard InChI is InChI=1S/C14H20ClNO/c1-11-5-7-16(10-11)8-6-14(17)12-3-2-4-13(15)9-12/h2-4,9,11,14,17H,5-8,10H2,1H3. The van der Waals surface area contributed by atoms with Crippen LogP contribution in [0.2, 0.25) is 5.02 Å². The summed E-state index contributed by atoms with van der Waals surface area (Å²) < 4.78 is 0. The first kappa shape index (κ1) is 12.9. The van der Waals surface area contributed by atoms with Gasteiger partial charge in [0.2, 0.25) is 0 Å². The summed E-state index contributed by atoms with van der Waals surface area (Å²) in [5.74, 6) is 0.804. The van der Waals surface area contributed by atoms with Gasteiger partial charge in [-0.15, -0.1) is 0 Å². The van der Waals surface area contributed by atoms with E-state index in [9.17, 15) is 5.11 Å². The predicted octanol–water partition coefficient (Wildman–Crippen LogP) is 3.11. The van der Waals surface area contributed by atoms with E-state index in [2.05, 4.69) is 11.8 Å². The Kier molecular flexibility index (Phi) is 4.43. The van der Waals surface area contributed by atoms with Gasteiger partial charge in [0.25, 0.3) is 0 Å². The van der Waals surface area contributed by atoms with Gasteiger partial charge in [-0.05, 0) is 43.0 Å². The number of aliphatic hydroxyl groups excluding tert-OH is 1. The molecule has 2 atom stereocenters. The smallest absolute Gasteiger partial charge is 0.0802 e. The van der Waals surface area contributed by atoms with Crippen molar-refractivity contribution in [3.8, 4) is 0 Å². The largest absolute Gasteiger partial charge is 0.388 e. The van der Waals surface area contributed by atoms with E-state index in [0.717, 1.165) is 24.4 Å². The molecular formula is C14H20ClNO. The normalized spacial score (nSPS) is 22.9. The van der Waals surface area contributed by atoms with E-state index in [-0.39, 0.29) is 0 Å². The van der Waals surface area contributed by atoms with Crippen LogP contribution >= 0.6 is 11.6 Å². The van der Waals surface area contributed by atoms with E-state index < -0.39 is 6.10 Å². The maximum absolute atomic E-state index is 10.1. The van der Waals surface area contributed by atoms with Crippen LogP contribution in [-0.4, -0.2) is 29.6 Å². The fourth-order valence-electron chi connectivity index (χ4n) is 2.41. The molecule has 1 aromatic rings. The highest BCUT2D eigenvalue weighted by Crippen LogP contribution is 2.22. The van der Waals surface area contributed by atoms with E-state index in [1.165, 1.54) is 19.5 Å². The number of aliphatic hydroxyl groups is 1. The Morgan fingerprint density at radius 2 is 2.35 bits per heavy atom. The molecule has 1 fully saturated rings. The molecule has 0 radical (unpaired) electrons. The summed E-state index contributed by atoms with van der Waals surface area (Å²) in [7, 11) is 0. The van der Waals surface area contributed by atoms with Crippen LogP contribution in [0.25, 0.3) is 0 Å². The highest BCUT2D eigenvalue weighted by atomic mass is 35.5. The second-order valence-electron chi connectivity index (χ2n) is 5.05. The number of hydrogen-bond donors (Lipinski definition) is 1. The first-order valence-corrected chi connectivity index (χ1v) is 6.69.